The lowest BCUT2D eigenvalue weighted by Gasteiger charge is -2.21. The van der Waals surface area contributed by atoms with Crippen LogP contribution in [0.15, 0.2) is 0 Å². The first kappa shape index (κ1) is 11.6. The van der Waals surface area contributed by atoms with E-state index >= 15 is 0 Å². The van der Waals surface area contributed by atoms with Crippen molar-refractivity contribution in [1.29, 1.82) is 0 Å². The fourth-order valence-electron chi connectivity index (χ4n) is 2.38. The van der Waals surface area contributed by atoms with Crippen molar-refractivity contribution in [3.05, 3.63) is 11.6 Å². The highest BCUT2D eigenvalue weighted by atomic mass is 15.3. The standard InChI is InChI=1S/C12H22N4/c1-10-14-15-12(16(10)2)9-13-8-11-6-4-3-5-7-11/h11,13H,3-9H2,1-2H3. The highest BCUT2D eigenvalue weighted by Crippen LogP contribution is 2.22. The molecule has 0 saturated heterocycles. The second kappa shape index (κ2) is 5.43. The molecule has 90 valence electrons. The van der Waals surface area contributed by atoms with E-state index in [0.717, 1.165) is 30.7 Å². The Hall–Kier alpha value is -0.900. The van der Waals surface area contributed by atoms with Crippen molar-refractivity contribution in [2.45, 2.75) is 45.6 Å². The molecule has 1 fully saturated rings. The third-order valence-corrected chi connectivity index (χ3v) is 3.62. The predicted molar refractivity (Wildman–Crippen MR) is 64.0 cm³/mol. The van der Waals surface area contributed by atoms with E-state index in [4.69, 9.17) is 0 Å². The van der Waals surface area contributed by atoms with Crippen molar-refractivity contribution < 1.29 is 0 Å². The molecule has 2 rings (SSSR count). The summed E-state index contributed by atoms with van der Waals surface area (Å²) >= 11 is 0. The highest BCUT2D eigenvalue weighted by molar-refractivity contribution is 4.91. The Labute approximate surface area is 97.5 Å². The van der Waals surface area contributed by atoms with Crippen LogP contribution in [0, 0.1) is 12.8 Å². The van der Waals surface area contributed by atoms with Crippen LogP contribution in [0.25, 0.3) is 0 Å². The van der Waals surface area contributed by atoms with E-state index < -0.39 is 0 Å². The van der Waals surface area contributed by atoms with Gasteiger partial charge in [-0.3, -0.25) is 0 Å². The Balaban J connectivity index is 1.73. The quantitative estimate of drug-likeness (QED) is 0.844. The SMILES string of the molecule is Cc1nnc(CNCC2CCCCC2)n1C. The average molecular weight is 222 g/mol. The van der Waals surface area contributed by atoms with Crippen LogP contribution in [0.2, 0.25) is 0 Å². The minimum atomic E-state index is 0.841. The Kier molecular flexibility index (Phi) is 3.93. The summed E-state index contributed by atoms with van der Waals surface area (Å²) in [5.41, 5.74) is 0. The summed E-state index contributed by atoms with van der Waals surface area (Å²) in [5, 5.41) is 11.7. The molecule has 0 aromatic carbocycles. The third kappa shape index (κ3) is 2.82. The number of hydrogen-bond acceptors (Lipinski definition) is 3. The predicted octanol–water partition coefficient (Wildman–Crippen LogP) is 1.79. The molecular weight excluding hydrogens is 200 g/mol. The van der Waals surface area contributed by atoms with Crippen molar-refractivity contribution in [1.82, 2.24) is 20.1 Å². The van der Waals surface area contributed by atoms with E-state index in [9.17, 15) is 0 Å². The van der Waals surface area contributed by atoms with Crippen molar-refractivity contribution in [3.63, 3.8) is 0 Å². The normalized spacial score (nSPS) is 17.9. The molecule has 1 aromatic rings. The van der Waals surface area contributed by atoms with E-state index in [2.05, 4.69) is 15.5 Å². The van der Waals surface area contributed by atoms with Crippen molar-refractivity contribution >= 4 is 0 Å². The van der Waals surface area contributed by atoms with Gasteiger partial charge in [-0.2, -0.15) is 0 Å². The summed E-state index contributed by atoms with van der Waals surface area (Å²) in [5.74, 6) is 2.89. The minimum Gasteiger partial charge on any atom is -0.317 e. The fourth-order valence-corrected chi connectivity index (χ4v) is 2.38. The Morgan fingerprint density at radius 1 is 1.25 bits per heavy atom. The summed E-state index contributed by atoms with van der Waals surface area (Å²) in [7, 11) is 2.02. The Morgan fingerprint density at radius 3 is 2.62 bits per heavy atom. The average Bonchev–Trinajstić information content (AvgIpc) is 2.62. The summed E-state index contributed by atoms with van der Waals surface area (Å²) < 4.78 is 2.05. The molecular formula is C12H22N4. The first-order chi connectivity index (χ1) is 7.77. The molecule has 0 bridgehead atoms. The maximum Gasteiger partial charge on any atom is 0.146 e. The molecule has 1 N–H and O–H groups in total. The van der Waals surface area contributed by atoms with Crippen LogP contribution in [-0.4, -0.2) is 21.3 Å². The molecule has 0 atom stereocenters. The lowest BCUT2D eigenvalue weighted by molar-refractivity contribution is 0.340. The zero-order chi connectivity index (χ0) is 11.4. The van der Waals surface area contributed by atoms with Gasteiger partial charge in [0, 0.05) is 7.05 Å². The molecule has 1 aliphatic rings. The van der Waals surface area contributed by atoms with Gasteiger partial charge in [-0.25, -0.2) is 0 Å². The molecule has 0 radical (unpaired) electrons. The van der Waals surface area contributed by atoms with Gasteiger partial charge in [0.25, 0.3) is 0 Å². The van der Waals surface area contributed by atoms with Crippen molar-refractivity contribution in [3.8, 4) is 0 Å². The number of nitrogens with zero attached hydrogens (tertiary/aromatic N) is 3. The molecule has 16 heavy (non-hydrogen) atoms. The minimum absolute atomic E-state index is 0.841. The number of nitrogens with one attached hydrogen (secondary N) is 1. The summed E-state index contributed by atoms with van der Waals surface area (Å²) in [4.78, 5) is 0. The van der Waals surface area contributed by atoms with E-state index in [1.807, 2.05) is 18.5 Å². The second-order valence-electron chi connectivity index (χ2n) is 4.86. The van der Waals surface area contributed by atoms with E-state index in [1.165, 1.54) is 32.1 Å². The molecule has 1 aliphatic carbocycles. The monoisotopic (exact) mass is 222 g/mol. The summed E-state index contributed by atoms with van der Waals surface area (Å²) in [6, 6.07) is 0. The molecule has 1 saturated carbocycles. The van der Waals surface area contributed by atoms with Crippen molar-refractivity contribution in [2.75, 3.05) is 6.54 Å². The fraction of sp³-hybridized carbons (Fsp3) is 0.833. The van der Waals surface area contributed by atoms with E-state index in [1.54, 1.807) is 0 Å². The molecule has 4 nitrogen and oxygen atoms in total. The second-order valence-corrected chi connectivity index (χ2v) is 4.86. The smallest absolute Gasteiger partial charge is 0.146 e. The topological polar surface area (TPSA) is 42.7 Å². The zero-order valence-corrected chi connectivity index (χ0v) is 10.4. The van der Waals surface area contributed by atoms with E-state index in [0.29, 0.717) is 0 Å². The number of hydrogen-bond donors (Lipinski definition) is 1. The van der Waals surface area contributed by atoms with Gasteiger partial charge in [-0.15, -0.1) is 10.2 Å². The molecule has 0 unspecified atom stereocenters. The Bertz CT molecular complexity index is 326. The van der Waals surface area contributed by atoms with Crippen LogP contribution in [0.4, 0.5) is 0 Å². The third-order valence-electron chi connectivity index (χ3n) is 3.62. The van der Waals surface area contributed by atoms with Crippen LogP contribution in [0.5, 0.6) is 0 Å². The van der Waals surface area contributed by atoms with E-state index in [-0.39, 0.29) is 0 Å². The lowest BCUT2D eigenvalue weighted by atomic mass is 9.89. The highest BCUT2D eigenvalue weighted by Gasteiger charge is 2.13. The van der Waals surface area contributed by atoms with Crippen LogP contribution < -0.4 is 5.32 Å². The molecule has 4 heteroatoms. The molecule has 1 heterocycles. The van der Waals surface area contributed by atoms with Crippen molar-refractivity contribution in [2.24, 2.45) is 13.0 Å². The number of rotatable bonds is 4. The maximum atomic E-state index is 4.15. The van der Waals surface area contributed by atoms with Gasteiger partial charge < -0.3 is 9.88 Å². The van der Waals surface area contributed by atoms with Crippen LogP contribution in [-0.2, 0) is 13.6 Å². The number of aromatic nitrogens is 3. The first-order valence-corrected chi connectivity index (χ1v) is 6.33. The van der Waals surface area contributed by atoms with Gasteiger partial charge in [-0.05, 0) is 32.2 Å². The van der Waals surface area contributed by atoms with Crippen LogP contribution in [0.3, 0.4) is 0 Å². The summed E-state index contributed by atoms with van der Waals surface area (Å²) in [6.07, 6.45) is 7.04. The van der Waals surface area contributed by atoms with Gasteiger partial charge in [0.15, 0.2) is 0 Å². The molecule has 0 aliphatic heterocycles. The van der Waals surface area contributed by atoms with Gasteiger partial charge in [-0.1, -0.05) is 19.3 Å². The molecule has 1 aromatic heterocycles. The van der Waals surface area contributed by atoms with Crippen LogP contribution >= 0.6 is 0 Å². The van der Waals surface area contributed by atoms with Gasteiger partial charge >= 0.3 is 0 Å². The maximum absolute atomic E-state index is 4.15. The largest absolute Gasteiger partial charge is 0.317 e. The van der Waals surface area contributed by atoms with Crippen LogP contribution in [0.1, 0.15) is 43.8 Å². The van der Waals surface area contributed by atoms with Gasteiger partial charge in [0.05, 0.1) is 6.54 Å². The Morgan fingerprint density at radius 2 is 2.00 bits per heavy atom. The molecule has 0 spiro atoms. The lowest BCUT2D eigenvalue weighted by Crippen LogP contribution is -2.25. The van der Waals surface area contributed by atoms with Gasteiger partial charge in [0.2, 0.25) is 0 Å². The molecule has 0 amide bonds. The zero-order valence-electron chi connectivity index (χ0n) is 10.4. The first-order valence-electron chi connectivity index (χ1n) is 6.33. The summed E-state index contributed by atoms with van der Waals surface area (Å²) in [6.45, 7) is 3.96. The number of aryl methyl sites for hydroxylation is 1. The van der Waals surface area contributed by atoms with Gasteiger partial charge in [0.1, 0.15) is 11.6 Å².